The first-order chi connectivity index (χ1) is 8.34. The van der Waals surface area contributed by atoms with Crippen molar-refractivity contribution in [3.63, 3.8) is 0 Å². The summed E-state index contributed by atoms with van der Waals surface area (Å²) in [5.74, 6) is 0. The lowest BCUT2D eigenvalue weighted by atomic mass is 10.1. The molecule has 0 amide bonds. The van der Waals surface area contributed by atoms with Crippen molar-refractivity contribution in [3.8, 4) is 0 Å². The Morgan fingerprint density at radius 3 is 2.76 bits per heavy atom. The lowest BCUT2D eigenvalue weighted by Gasteiger charge is -2.02. The summed E-state index contributed by atoms with van der Waals surface area (Å²) in [4.78, 5) is 11.6. The van der Waals surface area contributed by atoms with E-state index in [9.17, 15) is 4.79 Å². The molecule has 0 bridgehead atoms. The molecule has 0 atom stereocenters. The number of nitrogens with one attached hydrogen (secondary N) is 1. The summed E-state index contributed by atoms with van der Waals surface area (Å²) in [5, 5.41) is 8.18. The molecule has 0 saturated heterocycles. The van der Waals surface area contributed by atoms with E-state index in [-0.39, 0.29) is 5.56 Å². The molecule has 1 N–H and O–H groups in total. The highest BCUT2D eigenvalue weighted by atomic mass is 16.3. The molecule has 0 unspecified atom stereocenters. The predicted octanol–water partition coefficient (Wildman–Crippen LogP) is 2.11. The number of benzene rings is 1. The van der Waals surface area contributed by atoms with Crippen LogP contribution in [0.15, 0.2) is 52.1 Å². The summed E-state index contributed by atoms with van der Waals surface area (Å²) >= 11 is 0. The quantitative estimate of drug-likeness (QED) is 0.728. The first-order valence-corrected chi connectivity index (χ1v) is 5.32. The maximum atomic E-state index is 11.6. The van der Waals surface area contributed by atoms with Gasteiger partial charge in [0.15, 0.2) is 0 Å². The van der Waals surface area contributed by atoms with Crippen molar-refractivity contribution in [2.75, 3.05) is 0 Å². The molecule has 3 rings (SSSR count). The SMILES string of the molecule is O=c1[nH]nc(Cc2ccoc2)c2ccccc12. The molecule has 0 aliphatic rings. The number of aromatic nitrogens is 2. The Bertz CT molecular complexity index is 699. The summed E-state index contributed by atoms with van der Waals surface area (Å²) < 4.78 is 5.02. The molecule has 2 heterocycles. The van der Waals surface area contributed by atoms with Crippen molar-refractivity contribution < 1.29 is 4.42 Å². The highest BCUT2D eigenvalue weighted by Crippen LogP contribution is 2.16. The van der Waals surface area contributed by atoms with Crippen molar-refractivity contribution in [2.24, 2.45) is 0 Å². The number of nitrogens with zero attached hydrogens (tertiary/aromatic N) is 1. The topological polar surface area (TPSA) is 58.9 Å². The van der Waals surface area contributed by atoms with Gasteiger partial charge in [-0.3, -0.25) is 4.79 Å². The van der Waals surface area contributed by atoms with E-state index in [2.05, 4.69) is 10.2 Å². The lowest BCUT2D eigenvalue weighted by Crippen LogP contribution is -2.11. The van der Waals surface area contributed by atoms with Gasteiger partial charge in [0.25, 0.3) is 5.56 Å². The second kappa shape index (κ2) is 3.90. The molecule has 0 fully saturated rings. The van der Waals surface area contributed by atoms with Gasteiger partial charge in [-0.1, -0.05) is 18.2 Å². The molecule has 1 aromatic carbocycles. The zero-order valence-corrected chi connectivity index (χ0v) is 9.01. The minimum atomic E-state index is -0.156. The van der Waals surface area contributed by atoms with Gasteiger partial charge >= 0.3 is 0 Å². The number of hydrogen-bond acceptors (Lipinski definition) is 3. The Balaban J connectivity index is 2.17. The fraction of sp³-hybridized carbons (Fsp3) is 0.0769. The minimum Gasteiger partial charge on any atom is -0.472 e. The fourth-order valence-corrected chi connectivity index (χ4v) is 1.89. The van der Waals surface area contributed by atoms with Gasteiger partial charge in [-0.15, -0.1) is 0 Å². The smallest absolute Gasteiger partial charge is 0.272 e. The van der Waals surface area contributed by atoms with E-state index in [1.165, 1.54) is 0 Å². The van der Waals surface area contributed by atoms with E-state index in [1.54, 1.807) is 18.6 Å². The van der Waals surface area contributed by atoms with Crippen molar-refractivity contribution in [1.82, 2.24) is 10.2 Å². The molecule has 3 aromatic rings. The Hall–Kier alpha value is -2.36. The van der Waals surface area contributed by atoms with E-state index < -0.39 is 0 Å². The van der Waals surface area contributed by atoms with Crippen LogP contribution in [0.3, 0.4) is 0 Å². The number of furan rings is 1. The fourth-order valence-electron chi connectivity index (χ4n) is 1.89. The van der Waals surface area contributed by atoms with Crippen LogP contribution in [0.2, 0.25) is 0 Å². The molecule has 0 radical (unpaired) electrons. The molecule has 4 heteroatoms. The number of hydrogen-bond donors (Lipinski definition) is 1. The van der Waals surface area contributed by atoms with E-state index in [0.29, 0.717) is 11.8 Å². The summed E-state index contributed by atoms with van der Waals surface area (Å²) in [6.45, 7) is 0. The molecule has 17 heavy (non-hydrogen) atoms. The number of aromatic amines is 1. The Labute approximate surface area is 96.9 Å². The van der Waals surface area contributed by atoms with Crippen LogP contribution in [0, 0.1) is 0 Å². The molecule has 0 aliphatic carbocycles. The number of fused-ring (bicyclic) bond motifs is 1. The van der Waals surface area contributed by atoms with Crippen LogP contribution >= 0.6 is 0 Å². The van der Waals surface area contributed by atoms with Crippen molar-refractivity contribution >= 4 is 10.8 Å². The second-order valence-corrected chi connectivity index (χ2v) is 3.85. The molecule has 0 spiro atoms. The summed E-state index contributed by atoms with van der Waals surface area (Å²) in [6, 6.07) is 9.35. The normalized spacial score (nSPS) is 10.8. The van der Waals surface area contributed by atoms with Crippen LogP contribution in [0.25, 0.3) is 10.8 Å². The van der Waals surface area contributed by atoms with Gasteiger partial charge in [0, 0.05) is 11.8 Å². The number of H-pyrrole nitrogens is 1. The first-order valence-electron chi connectivity index (χ1n) is 5.32. The molecule has 0 saturated carbocycles. The van der Waals surface area contributed by atoms with Crippen LogP contribution in [0.4, 0.5) is 0 Å². The molecule has 4 nitrogen and oxygen atoms in total. The first kappa shape index (κ1) is 9.84. The van der Waals surface area contributed by atoms with Gasteiger partial charge in [-0.25, -0.2) is 5.10 Å². The van der Waals surface area contributed by atoms with Gasteiger partial charge < -0.3 is 4.42 Å². The molecule has 84 valence electrons. The van der Waals surface area contributed by atoms with Gasteiger partial charge in [0.05, 0.1) is 23.6 Å². The van der Waals surface area contributed by atoms with Crippen molar-refractivity contribution in [2.45, 2.75) is 6.42 Å². The second-order valence-electron chi connectivity index (χ2n) is 3.85. The Morgan fingerprint density at radius 2 is 2.00 bits per heavy atom. The largest absolute Gasteiger partial charge is 0.472 e. The van der Waals surface area contributed by atoms with E-state index in [1.807, 2.05) is 24.3 Å². The predicted molar refractivity (Wildman–Crippen MR) is 63.9 cm³/mol. The Kier molecular flexibility index (Phi) is 2.26. The number of rotatable bonds is 2. The van der Waals surface area contributed by atoms with Crippen LogP contribution in [0.5, 0.6) is 0 Å². The van der Waals surface area contributed by atoms with Crippen LogP contribution in [-0.4, -0.2) is 10.2 Å². The summed E-state index contributed by atoms with van der Waals surface area (Å²) in [5.41, 5.74) is 1.73. The van der Waals surface area contributed by atoms with Crippen LogP contribution < -0.4 is 5.56 Å². The van der Waals surface area contributed by atoms with Crippen molar-refractivity contribution in [3.05, 3.63) is 64.5 Å². The highest BCUT2D eigenvalue weighted by molar-refractivity contribution is 5.83. The van der Waals surface area contributed by atoms with Gasteiger partial charge in [0.2, 0.25) is 0 Å². The monoisotopic (exact) mass is 226 g/mol. The molecular formula is C13H10N2O2. The lowest BCUT2D eigenvalue weighted by molar-refractivity contribution is 0.564. The highest BCUT2D eigenvalue weighted by Gasteiger charge is 2.06. The average Bonchev–Trinajstić information content (AvgIpc) is 2.86. The average molecular weight is 226 g/mol. The van der Waals surface area contributed by atoms with Crippen LogP contribution in [-0.2, 0) is 6.42 Å². The summed E-state index contributed by atoms with van der Waals surface area (Å²) in [7, 11) is 0. The standard InChI is InChI=1S/C13H10N2O2/c16-13-11-4-2-1-3-10(11)12(14-15-13)7-9-5-6-17-8-9/h1-6,8H,7H2,(H,15,16). The third-order valence-electron chi connectivity index (χ3n) is 2.73. The van der Waals surface area contributed by atoms with Crippen molar-refractivity contribution in [1.29, 1.82) is 0 Å². The zero-order chi connectivity index (χ0) is 11.7. The summed E-state index contributed by atoms with van der Waals surface area (Å²) in [6.07, 6.45) is 3.96. The third kappa shape index (κ3) is 1.73. The maximum absolute atomic E-state index is 11.6. The molecule has 2 aromatic heterocycles. The maximum Gasteiger partial charge on any atom is 0.272 e. The van der Waals surface area contributed by atoms with E-state index in [0.717, 1.165) is 16.6 Å². The van der Waals surface area contributed by atoms with Crippen LogP contribution in [0.1, 0.15) is 11.3 Å². The van der Waals surface area contributed by atoms with Gasteiger partial charge in [-0.2, -0.15) is 5.10 Å². The molecular weight excluding hydrogens is 216 g/mol. The van der Waals surface area contributed by atoms with E-state index in [4.69, 9.17) is 4.42 Å². The van der Waals surface area contributed by atoms with E-state index >= 15 is 0 Å². The zero-order valence-electron chi connectivity index (χ0n) is 9.01. The van der Waals surface area contributed by atoms with Gasteiger partial charge in [0.1, 0.15) is 0 Å². The third-order valence-corrected chi connectivity index (χ3v) is 2.73. The minimum absolute atomic E-state index is 0.156. The molecule has 0 aliphatic heterocycles. The Morgan fingerprint density at radius 1 is 1.18 bits per heavy atom. The van der Waals surface area contributed by atoms with Gasteiger partial charge in [-0.05, 0) is 17.7 Å².